The Morgan fingerprint density at radius 2 is 1.68 bits per heavy atom. The van der Waals surface area contributed by atoms with Gasteiger partial charge in [0, 0.05) is 25.0 Å². The predicted molar refractivity (Wildman–Crippen MR) is 108 cm³/mol. The van der Waals surface area contributed by atoms with E-state index in [2.05, 4.69) is 74.2 Å². The van der Waals surface area contributed by atoms with Crippen molar-refractivity contribution < 1.29 is 4.74 Å². The Kier molecular flexibility index (Phi) is 8.30. The van der Waals surface area contributed by atoms with Gasteiger partial charge in [0.15, 0.2) is 0 Å². The molecule has 2 rings (SSSR count). The summed E-state index contributed by atoms with van der Waals surface area (Å²) in [5.74, 6) is 2.16. The lowest BCUT2D eigenvalue weighted by Crippen LogP contribution is -2.38. The Labute approximate surface area is 157 Å². The molecule has 0 aromatic heterocycles. The fraction of sp³-hybridized carbons (Fsp3) is 0.455. The van der Waals surface area contributed by atoms with Crippen LogP contribution in [0, 0.1) is 0 Å². The van der Waals surface area contributed by atoms with Gasteiger partial charge in [-0.3, -0.25) is 4.90 Å². The van der Waals surface area contributed by atoms with Crippen LogP contribution >= 0.6 is 11.6 Å². The molecule has 2 aromatic rings. The second-order valence-corrected chi connectivity index (χ2v) is 7.06. The number of hydrogen-bond donors (Lipinski definition) is 0. The molecule has 2 aromatic carbocycles. The van der Waals surface area contributed by atoms with E-state index in [1.165, 1.54) is 11.1 Å². The summed E-state index contributed by atoms with van der Waals surface area (Å²) in [5.41, 5.74) is 2.67. The number of ether oxygens (including phenoxy) is 1. The molecule has 0 bridgehead atoms. The molecule has 3 heteroatoms. The highest BCUT2D eigenvalue weighted by atomic mass is 35.5. The van der Waals surface area contributed by atoms with Crippen molar-refractivity contribution in [2.75, 3.05) is 19.0 Å². The molecule has 0 heterocycles. The Balaban J connectivity index is 1.90. The van der Waals surface area contributed by atoms with Crippen molar-refractivity contribution >= 4 is 11.6 Å². The SMILES string of the molecule is CC[C@H](C)c1ccc(OC[C@H](C)N(CCCl)Cc2ccccc2)cc1. The maximum Gasteiger partial charge on any atom is 0.119 e. The summed E-state index contributed by atoms with van der Waals surface area (Å²) in [7, 11) is 0. The predicted octanol–water partition coefficient (Wildman–Crippen LogP) is 5.71. The van der Waals surface area contributed by atoms with Crippen molar-refractivity contribution in [3.05, 3.63) is 65.7 Å². The van der Waals surface area contributed by atoms with E-state index in [0.717, 1.165) is 25.3 Å². The minimum Gasteiger partial charge on any atom is -0.492 e. The molecule has 0 spiro atoms. The summed E-state index contributed by atoms with van der Waals surface area (Å²) in [6.07, 6.45) is 1.16. The lowest BCUT2D eigenvalue weighted by Gasteiger charge is -2.28. The summed E-state index contributed by atoms with van der Waals surface area (Å²) in [5, 5.41) is 0. The molecule has 25 heavy (non-hydrogen) atoms. The first kappa shape index (κ1) is 19.8. The highest BCUT2D eigenvalue weighted by Gasteiger charge is 2.15. The van der Waals surface area contributed by atoms with Crippen LogP contribution in [0.5, 0.6) is 5.75 Å². The van der Waals surface area contributed by atoms with Gasteiger partial charge in [0.05, 0.1) is 0 Å². The van der Waals surface area contributed by atoms with Crippen LogP contribution in [0.2, 0.25) is 0 Å². The minimum absolute atomic E-state index is 0.299. The largest absolute Gasteiger partial charge is 0.492 e. The molecule has 0 fully saturated rings. The Morgan fingerprint density at radius 3 is 2.28 bits per heavy atom. The second-order valence-electron chi connectivity index (χ2n) is 6.68. The number of benzene rings is 2. The zero-order valence-electron chi connectivity index (χ0n) is 15.6. The van der Waals surface area contributed by atoms with E-state index in [4.69, 9.17) is 16.3 Å². The van der Waals surface area contributed by atoms with E-state index in [9.17, 15) is 0 Å². The van der Waals surface area contributed by atoms with Crippen molar-refractivity contribution in [3.8, 4) is 5.75 Å². The van der Waals surface area contributed by atoms with Gasteiger partial charge in [0.25, 0.3) is 0 Å². The fourth-order valence-corrected chi connectivity index (χ4v) is 3.05. The summed E-state index contributed by atoms with van der Waals surface area (Å²) in [6, 6.07) is 19.3. The molecule has 0 amide bonds. The average Bonchev–Trinajstić information content (AvgIpc) is 2.66. The molecular formula is C22H30ClNO. The van der Waals surface area contributed by atoms with Gasteiger partial charge < -0.3 is 4.74 Å². The topological polar surface area (TPSA) is 12.5 Å². The molecule has 0 saturated heterocycles. The van der Waals surface area contributed by atoms with Crippen LogP contribution < -0.4 is 4.74 Å². The maximum atomic E-state index is 6.02. The highest BCUT2D eigenvalue weighted by molar-refractivity contribution is 6.18. The van der Waals surface area contributed by atoms with Gasteiger partial charge in [-0.25, -0.2) is 0 Å². The quantitative estimate of drug-likeness (QED) is 0.504. The van der Waals surface area contributed by atoms with Crippen LogP contribution in [0.1, 0.15) is 44.2 Å². The van der Waals surface area contributed by atoms with Crippen molar-refractivity contribution in [1.82, 2.24) is 4.90 Å². The first-order valence-corrected chi connectivity index (χ1v) is 9.74. The lowest BCUT2D eigenvalue weighted by atomic mass is 9.99. The first-order valence-electron chi connectivity index (χ1n) is 9.20. The molecule has 0 unspecified atom stereocenters. The van der Waals surface area contributed by atoms with Crippen molar-refractivity contribution in [3.63, 3.8) is 0 Å². The van der Waals surface area contributed by atoms with E-state index in [0.29, 0.717) is 24.4 Å². The number of hydrogen-bond acceptors (Lipinski definition) is 2. The van der Waals surface area contributed by atoms with Gasteiger partial charge in [-0.1, -0.05) is 56.3 Å². The minimum atomic E-state index is 0.299. The Morgan fingerprint density at radius 1 is 1.00 bits per heavy atom. The van der Waals surface area contributed by atoms with Gasteiger partial charge in [-0.2, -0.15) is 0 Å². The lowest BCUT2D eigenvalue weighted by molar-refractivity contribution is 0.146. The van der Waals surface area contributed by atoms with Gasteiger partial charge in [-0.15, -0.1) is 11.6 Å². The molecule has 0 aliphatic rings. The number of rotatable bonds is 10. The number of halogens is 1. The van der Waals surface area contributed by atoms with Crippen molar-refractivity contribution in [2.24, 2.45) is 0 Å². The summed E-state index contributed by atoms with van der Waals surface area (Å²) < 4.78 is 6.02. The van der Waals surface area contributed by atoms with Crippen LogP contribution in [0.25, 0.3) is 0 Å². The maximum absolute atomic E-state index is 6.02. The van der Waals surface area contributed by atoms with Crippen molar-refractivity contribution in [2.45, 2.75) is 45.7 Å². The third-order valence-electron chi connectivity index (χ3n) is 4.78. The van der Waals surface area contributed by atoms with Crippen molar-refractivity contribution in [1.29, 1.82) is 0 Å². The van der Waals surface area contributed by atoms with E-state index >= 15 is 0 Å². The molecule has 2 nitrogen and oxygen atoms in total. The molecule has 2 atom stereocenters. The van der Waals surface area contributed by atoms with E-state index in [-0.39, 0.29) is 0 Å². The van der Waals surface area contributed by atoms with E-state index < -0.39 is 0 Å². The van der Waals surface area contributed by atoms with Gasteiger partial charge in [0.2, 0.25) is 0 Å². The average molecular weight is 360 g/mol. The number of alkyl halides is 1. The number of nitrogens with zero attached hydrogens (tertiary/aromatic N) is 1. The molecule has 136 valence electrons. The fourth-order valence-electron chi connectivity index (χ4n) is 2.83. The zero-order valence-corrected chi connectivity index (χ0v) is 16.4. The molecule has 0 radical (unpaired) electrons. The Bertz CT molecular complexity index is 599. The van der Waals surface area contributed by atoms with Crippen LogP contribution in [-0.2, 0) is 6.54 Å². The summed E-state index contributed by atoms with van der Waals surface area (Å²) >= 11 is 6.00. The Hall–Kier alpha value is -1.51. The molecule has 0 saturated carbocycles. The highest BCUT2D eigenvalue weighted by Crippen LogP contribution is 2.21. The van der Waals surface area contributed by atoms with Crippen LogP contribution in [0.3, 0.4) is 0 Å². The molecule has 0 aliphatic heterocycles. The first-order chi connectivity index (χ1) is 12.1. The molecule has 0 N–H and O–H groups in total. The van der Waals surface area contributed by atoms with E-state index in [1.54, 1.807) is 0 Å². The monoisotopic (exact) mass is 359 g/mol. The standard InChI is InChI=1S/C22H30ClNO/c1-4-18(2)21-10-12-22(13-11-21)25-17-19(3)24(15-14-23)16-20-8-6-5-7-9-20/h5-13,18-19H,4,14-17H2,1-3H3/t18-,19-/m0/s1. The summed E-state index contributed by atoms with van der Waals surface area (Å²) in [4.78, 5) is 2.37. The van der Waals surface area contributed by atoms with Crippen LogP contribution in [0.4, 0.5) is 0 Å². The van der Waals surface area contributed by atoms with E-state index in [1.807, 2.05) is 6.07 Å². The van der Waals surface area contributed by atoms with Crippen LogP contribution in [-0.4, -0.2) is 30.0 Å². The van der Waals surface area contributed by atoms with Gasteiger partial charge in [0.1, 0.15) is 12.4 Å². The smallest absolute Gasteiger partial charge is 0.119 e. The molecule has 0 aliphatic carbocycles. The zero-order chi connectivity index (χ0) is 18.1. The second kappa shape index (κ2) is 10.5. The van der Waals surface area contributed by atoms with Gasteiger partial charge in [-0.05, 0) is 42.5 Å². The third kappa shape index (κ3) is 6.37. The molecular weight excluding hydrogens is 330 g/mol. The van der Waals surface area contributed by atoms with Gasteiger partial charge >= 0.3 is 0 Å². The third-order valence-corrected chi connectivity index (χ3v) is 4.95. The summed E-state index contributed by atoms with van der Waals surface area (Å²) in [6.45, 7) is 9.08. The normalized spacial score (nSPS) is 13.6. The van der Waals surface area contributed by atoms with Crippen LogP contribution in [0.15, 0.2) is 54.6 Å².